The van der Waals surface area contributed by atoms with E-state index in [9.17, 15) is 23.3 Å². The summed E-state index contributed by atoms with van der Waals surface area (Å²) in [7, 11) is -0.905. The van der Waals surface area contributed by atoms with Crippen LogP contribution in [-0.2, 0) is 19.6 Å². The van der Waals surface area contributed by atoms with Gasteiger partial charge < -0.3 is 10.1 Å². The fourth-order valence-corrected chi connectivity index (χ4v) is 3.88. The van der Waals surface area contributed by atoms with E-state index in [2.05, 4.69) is 11.4 Å². The number of carbonyl (C=O) groups is 2. The standard InChI is InChI=1S/C18H23N3O5S/c1-21(2)27(24,25)15-8-6-7-14(11-15)17(23)26-12-16(22)20-18(13-19)9-4-3-5-10-18/h6-8,11H,3-5,9-10,12H2,1-2H3,(H,20,22). The van der Waals surface area contributed by atoms with Crippen LogP contribution in [0.5, 0.6) is 0 Å². The van der Waals surface area contributed by atoms with E-state index in [1.165, 1.54) is 38.4 Å². The van der Waals surface area contributed by atoms with E-state index in [-0.39, 0.29) is 10.5 Å². The van der Waals surface area contributed by atoms with Crippen LogP contribution in [0.25, 0.3) is 0 Å². The average molecular weight is 393 g/mol. The molecule has 146 valence electrons. The molecule has 8 nitrogen and oxygen atoms in total. The molecule has 0 bridgehead atoms. The Labute approximate surface area is 159 Å². The summed E-state index contributed by atoms with van der Waals surface area (Å²) in [6.07, 6.45) is 3.91. The Kier molecular flexibility index (Phi) is 6.57. The summed E-state index contributed by atoms with van der Waals surface area (Å²) in [5.41, 5.74) is -0.875. The lowest BCUT2D eigenvalue weighted by Gasteiger charge is -2.31. The third-order valence-corrected chi connectivity index (χ3v) is 6.29. The number of nitriles is 1. The van der Waals surface area contributed by atoms with E-state index in [1.54, 1.807) is 0 Å². The van der Waals surface area contributed by atoms with E-state index in [4.69, 9.17) is 4.74 Å². The Morgan fingerprint density at radius 3 is 2.52 bits per heavy atom. The average Bonchev–Trinajstić information content (AvgIpc) is 2.66. The van der Waals surface area contributed by atoms with E-state index in [0.717, 1.165) is 23.6 Å². The third-order valence-electron chi connectivity index (χ3n) is 4.48. The van der Waals surface area contributed by atoms with Crippen LogP contribution in [0.2, 0.25) is 0 Å². The third kappa shape index (κ3) is 5.05. The Bertz CT molecular complexity index is 852. The number of carbonyl (C=O) groups excluding carboxylic acids is 2. The molecule has 0 radical (unpaired) electrons. The van der Waals surface area contributed by atoms with Crippen LogP contribution < -0.4 is 5.32 Å². The zero-order valence-electron chi connectivity index (χ0n) is 15.4. The summed E-state index contributed by atoms with van der Waals surface area (Å²) in [6.45, 7) is -0.535. The van der Waals surface area contributed by atoms with Crippen molar-refractivity contribution in [3.05, 3.63) is 29.8 Å². The first-order valence-electron chi connectivity index (χ1n) is 8.62. The lowest BCUT2D eigenvalue weighted by molar-refractivity contribution is -0.125. The SMILES string of the molecule is CN(C)S(=O)(=O)c1cccc(C(=O)OCC(=O)NC2(C#N)CCCCC2)c1. The van der Waals surface area contributed by atoms with Crippen molar-refractivity contribution in [2.45, 2.75) is 42.5 Å². The zero-order chi connectivity index (χ0) is 20.1. The fraction of sp³-hybridized carbons (Fsp3) is 0.500. The van der Waals surface area contributed by atoms with E-state index in [1.807, 2.05) is 0 Å². The highest BCUT2D eigenvalue weighted by Gasteiger charge is 2.33. The summed E-state index contributed by atoms with van der Waals surface area (Å²) in [6, 6.07) is 7.57. The molecule has 0 heterocycles. The number of ether oxygens (including phenoxy) is 1. The first-order chi connectivity index (χ1) is 12.7. The van der Waals surface area contributed by atoms with Crippen molar-refractivity contribution in [3.63, 3.8) is 0 Å². The fourth-order valence-electron chi connectivity index (χ4n) is 2.93. The summed E-state index contributed by atoms with van der Waals surface area (Å²) in [5.74, 6) is -1.36. The van der Waals surface area contributed by atoms with Crippen molar-refractivity contribution in [2.75, 3.05) is 20.7 Å². The molecule has 0 aliphatic heterocycles. The number of hydrogen-bond acceptors (Lipinski definition) is 6. The van der Waals surface area contributed by atoms with Gasteiger partial charge in [0.1, 0.15) is 5.54 Å². The van der Waals surface area contributed by atoms with Crippen LogP contribution in [-0.4, -0.2) is 50.8 Å². The number of nitrogens with one attached hydrogen (secondary N) is 1. The van der Waals surface area contributed by atoms with Gasteiger partial charge in [-0.05, 0) is 31.0 Å². The molecule has 0 saturated heterocycles. The van der Waals surface area contributed by atoms with Gasteiger partial charge in [-0.3, -0.25) is 4.79 Å². The van der Waals surface area contributed by atoms with Crippen LogP contribution in [0.1, 0.15) is 42.5 Å². The molecule has 0 spiro atoms. The first-order valence-corrected chi connectivity index (χ1v) is 10.1. The maximum Gasteiger partial charge on any atom is 0.338 e. The Morgan fingerprint density at radius 2 is 1.93 bits per heavy atom. The van der Waals surface area contributed by atoms with Crippen molar-refractivity contribution in [1.82, 2.24) is 9.62 Å². The van der Waals surface area contributed by atoms with Gasteiger partial charge >= 0.3 is 5.97 Å². The van der Waals surface area contributed by atoms with E-state index < -0.39 is 34.0 Å². The molecule has 9 heteroatoms. The monoisotopic (exact) mass is 393 g/mol. The lowest BCUT2D eigenvalue weighted by atomic mass is 9.83. The molecule has 1 aromatic carbocycles. The van der Waals surface area contributed by atoms with Crippen molar-refractivity contribution in [3.8, 4) is 6.07 Å². The van der Waals surface area contributed by atoms with Gasteiger partial charge in [-0.15, -0.1) is 0 Å². The molecule has 27 heavy (non-hydrogen) atoms. The smallest absolute Gasteiger partial charge is 0.338 e. The first kappa shape index (κ1) is 20.9. The second-order valence-corrected chi connectivity index (χ2v) is 8.85. The van der Waals surface area contributed by atoms with Gasteiger partial charge in [0.05, 0.1) is 16.5 Å². The van der Waals surface area contributed by atoms with Gasteiger partial charge in [-0.2, -0.15) is 5.26 Å². The van der Waals surface area contributed by atoms with Gasteiger partial charge in [0.15, 0.2) is 6.61 Å². The number of nitrogens with zero attached hydrogens (tertiary/aromatic N) is 2. The minimum Gasteiger partial charge on any atom is -0.452 e. The Hall–Kier alpha value is -2.44. The number of benzene rings is 1. The number of esters is 1. The van der Waals surface area contributed by atoms with Crippen LogP contribution >= 0.6 is 0 Å². The molecule has 0 unspecified atom stereocenters. The molecule has 2 rings (SSSR count). The molecule has 1 N–H and O–H groups in total. The largest absolute Gasteiger partial charge is 0.452 e. The zero-order valence-corrected chi connectivity index (χ0v) is 16.2. The number of amides is 1. The summed E-state index contributed by atoms with van der Waals surface area (Å²) in [4.78, 5) is 24.2. The summed E-state index contributed by atoms with van der Waals surface area (Å²) >= 11 is 0. The Morgan fingerprint density at radius 1 is 1.26 bits per heavy atom. The van der Waals surface area contributed by atoms with E-state index in [0.29, 0.717) is 12.8 Å². The molecule has 1 fully saturated rings. The van der Waals surface area contributed by atoms with Crippen LogP contribution in [0.4, 0.5) is 0 Å². The maximum absolute atomic E-state index is 12.2. The minimum atomic E-state index is -3.68. The highest BCUT2D eigenvalue weighted by Crippen LogP contribution is 2.27. The minimum absolute atomic E-state index is 0.0263. The maximum atomic E-state index is 12.2. The van der Waals surface area contributed by atoms with Crippen LogP contribution in [0.15, 0.2) is 29.2 Å². The molecule has 0 aromatic heterocycles. The van der Waals surface area contributed by atoms with Gasteiger partial charge in [-0.25, -0.2) is 17.5 Å². The summed E-state index contributed by atoms with van der Waals surface area (Å²) < 4.78 is 30.3. The molecule has 1 amide bonds. The molecule has 1 aliphatic carbocycles. The summed E-state index contributed by atoms with van der Waals surface area (Å²) in [5, 5.41) is 12.0. The topological polar surface area (TPSA) is 117 Å². The Balaban J connectivity index is 2.00. The van der Waals surface area contributed by atoms with Crippen molar-refractivity contribution in [1.29, 1.82) is 5.26 Å². The van der Waals surface area contributed by atoms with Gasteiger partial charge in [-0.1, -0.05) is 25.3 Å². The highest BCUT2D eigenvalue weighted by molar-refractivity contribution is 7.89. The predicted molar refractivity (Wildman–Crippen MR) is 97.2 cm³/mol. The second-order valence-electron chi connectivity index (χ2n) is 6.69. The van der Waals surface area contributed by atoms with Gasteiger partial charge in [0.2, 0.25) is 10.0 Å². The van der Waals surface area contributed by atoms with Gasteiger partial charge in [0, 0.05) is 14.1 Å². The second kappa shape index (κ2) is 8.50. The molecular formula is C18H23N3O5S. The van der Waals surface area contributed by atoms with Gasteiger partial charge in [0.25, 0.3) is 5.91 Å². The van der Waals surface area contributed by atoms with Crippen molar-refractivity contribution in [2.24, 2.45) is 0 Å². The van der Waals surface area contributed by atoms with E-state index >= 15 is 0 Å². The molecule has 1 saturated carbocycles. The van der Waals surface area contributed by atoms with Crippen LogP contribution in [0, 0.1) is 11.3 Å². The highest BCUT2D eigenvalue weighted by atomic mass is 32.2. The number of sulfonamides is 1. The molecular weight excluding hydrogens is 370 g/mol. The molecule has 1 aromatic rings. The number of hydrogen-bond donors (Lipinski definition) is 1. The van der Waals surface area contributed by atoms with Crippen LogP contribution in [0.3, 0.4) is 0 Å². The normalized spacial score (nSPS) is 16.4. The number of rotatable bonds is 6. The predicted octanol–water partition coefficient (Wildman–Crippen LogP) is 1.44. The van der Waals surface area contributed by atoms with Crippen molar-refractivity contribution >= 4 is 21.9 Å². The molecule has 0 atom stereocenters. The lowest BCUT2D eigenvalue weighted by Crippen LogP contribution is -2.50. The van der Waals surface area contributed by atoms with Crippen molar-refractivity contribution < 1.29 is 22.7 Å². The quantitative estimate of drug-likeness (QED) is 0.731. The molecule has 1 aliphatic rings.